The van der Waals surface area contributed by atoms with Gasteiger partial charge in [-0.3, -0.25) is 4.79 Å². The number of amides is 1. The van der Waals surface area contributed by atoms with Crippen molar-refractivity contribution >= 4 is 17.3 Å². The molecule has 0 aliphatic rings. The SMILES string of the molecule is CCNc1cc(C)ccc1NC(=O)[C@@H](C)N. The van der Waals surface area contributed by atoms with Crippen LogP contribution in [0, 0.1) is 6.92 Å². The minimum absolute atomic E-state index is 0.178. The molecule has 0 saturated heterocycles. The van der Waals surface area contributed by atoms with Crippen LogP contribution in [0.15, 0.2) is 18.2 Å². The normalized spacial score (nSPS) is 12.0. The van der Waals surface area contributed by atoms with Crippen molar-refractivity contribution in [2.24, 2.45) is 5.73 Å². The standard InChI is InChI=1S/C12H19N3O/c1-4-14-11-7-8(2)5-6-10(11)15-12(16)9(3)13/h5-7,9,14H,4,13H2,1-3H3,(H,15,16)/t9-/m1/s1. The molecule has 4 N–H and O–H groups in total. The highest BCUT2D eigenvalue weighted by atomic mass is 16.2. The fourth-order valence-corrected chi connectivity index (χ4v) is 1.35. The summed E-state index contributed by atoms with van der Waals surface area (Å²) in [6, 6.07) is 5.33. The first-order chi connectivity index (χ1) is 7.54. The summed E-state index contributed by atoms with van der Waals surface area (Å²) in [5, 5.41) is 6.00. The first-order valence-corrected chi connectivity index (χ1v) is 5.45. The van der Waals surface area contributed by atoms with Crippen molar-refractivity contribution in [1.29, 1.82) is 0 Å². The summed E-state index contributed by atoms with van der Waals surface area (Å²) < 4.78 is 0. The number of carbonyl (C=O) groups is 1. The zero-order chi connectivity index (χ0) is 12.1. The first-order valence-electron chi connectivity index (χ1n) is 5.45. The van der Waals surface area contributed by atoms with Crippen molar-refractivity contribution in [2.75, 3.05) is 17.2 Å². The average Bonchev–Trinajstić information content (AvgIpc) is 2.22. The second-order valence-corrected chi connectivity index (χ2v) is 3.86. The molecule has 1 aromatic carbocycles. The average molecular weight is 221 g/mol. The smallest absolute Gasteiger partial charge is 0.241 e. The van der Waals surface area contributed by atoms with E-state index < -0.39 is 6.04 Å². The van der Waals surface area contributed by atoms with E-state index in [4.69, 9.17) is 5.73 Å². The van der Waals surface area contributed by atoms with E-state index in [9.17, 15) is 4.79 Å². The molecule has 0 spiro atoms. The van der Waals surface area contributed by atoms with Crippen molar-refractivity contribution in [3.05, 3.63) is 23.8 Å². The van der Waals surface area contributed by atoms with Crippen molar-refractivity contribution in [1.82, 2.24) is 0 Å². The van der Waals surface area contributed by atoms with E-state index in [1.165, 1.54) is 0 Å². The summed E-state index contributed by atoms with van der Waals surface area (Å²) in [6.07, 6.45) is 0. The Hall–Kier alpha value is -1.55. The fraction of sp³-hybridized carbons (Fsp3) is 0.417. The highest BCUT2D eigenvalue weighted by Crippen LogP contribution is 2.22. The third-order valence-electron chi connectivity index (χ3n) is 2.21. The summed E-state index contributed by atoms with van der Waals surface area (Å²) in [7, 11) is 0. The Bertz CT molecular complexity index is 375. The molecule has 0 heterocycles. The lowest BCUT2D eigenvalue weighted by Gasteiger charge is -2.14. The van der Waals surface area contributed by atoms with Gasteiger partial charge < -0.3 is 16.4 Å². The molecule has 0 unspecified atom stereocenters. The Kier molecular flexibility index (Phi) is 4.31. The maximum atomic E-state index is 11.5. The van der Waals surface area contributed by atoms with Crippen LogP contribution in [0.1, 0.15) is 19.4 Å². The van der Waals surface area contributed by atoms with E-state index in [2.05, 4.69) is 10.6 Å². The van der Waals surface area contributed by atoms with Crippen LogP contribution < -0.4 is 16.4 Å². The number of rotatable bonds is 4. The van der Waals surface area contributed by atoms with Crippen LogP contribution >= 0.6 is 0 Å². The summed E-state index contributed by atoms with van der Waals surface area (Å²) in [5.74, 6) is -0.178. The molecule has 88 valence electrons. The van der Waals surface area contributed by atoms with Crippen LogP contribution in [0.2, 0.25) is 0 Å². The van der Waals surface area contributed by atoms with Gasteiger partial charge in [0.25, 0.3) is 0 Å². The maximum Gasteiger partial charge on any atom is 0.241 e. The minimum Gasteiger partial charge on any atom is -0.384 e. The Morgan fingerprint density at radius 2 is 2.12 bits per heavy atom. The van der Waals surface area contributed by atoms with Gasteiger partial charge in [0.1, 0.15) is 0 Å². The van der Waals surface area contributed by atoms with Crippen LogP contribution in [0.5, 0.6) is 0 Å². The van der Waals surface area contributed by atoms with Gasteiger partial charge in [-0.2, -0.15) is 0 Å². The number of aryl methyl sites for hydroxylation is 1. The Labute approximate surface area is 96.2 Å². The van der Waals surface area contributed by atoms with Crippen molar-refractivity contribution in [3.8, 4) is 0 Å². The van der Waals surface area contributed by atoms with E-state index in [-0.39, 0.29) is 5.91 Å². The van der Waals surface area contributed by atoms with E-state index in [0.717, 1.165) is 23.5 Å². The van der Waals surface area contributed by atoms with Gasteiger partial charge in [0.05, 0.1) is 17.4 Å². The molecule has 0 aliphatic carbocycles. The summed E-state index contributed by atoms with van der Waals surface area (Å²) >= 11 is 0. The fourth-order valence-electron chi connectivity index (χ4n) is 1.35. The van der Waals surface area contributed by atoms with Crippen molar-refractivity contribution < 1.29 is 4.79 Å². The number of nitrogens with one attached hydrogen (secondary N) is 2. The van der Waals surface area contributed by atoms with Crippen LogP contribution in [0.3, 0.4) is 0 Å². The molecule has 1 aromatic rings. The Morgan fingerprint density at radius 3 is 2.69 bits per heavy atom. The molecular weight excluding hydrogens is 202 g/mol. The highest BCUT2D eigenvalue weighted by Gasteiger charge is 2.10. The molecule has 4 nitrogen and oxygen atoms in total. The van der Waals surface area contributed by atoms with E-state index in [1.807, 2.05) is 32.0 Å². The predicted molar refractivity (Wildman–Crippen MR) is 67.6 cm³/mol. The minimum atomic E-state index is -0.504. The quantitative estimate of drug-likeness (QED) is 0.725. The lowest BCUT2D eigenvalue weighted by Crippen LogP contribution is -2.32. The van der Waals surface area contributed by atoms with Crippen LogP contribution in [0.25, 0.3) is 0 Å². The largest absolute Gasteiger partial charge is 0.384 e. The van der Waals surface area contributed by atoms with Gasteiger partial charge in [-0.15, -0.1) is 0 Å². The molecule has 4 heteroatoms. The number of benzene rings is 1. The molecule has 0 aromatic heterocycles. The summed E-state index contributed by atoms with van der Waals surface area (Å²) in [5.41, 5.74) is 8.35. The predicted octanol–water partition coefficient (Wildman–Crippen LogP) is 1.71. The number of carbonyl (C=O) groups excluding carboxylic acids is 1. The summed E-state index contributed by atoms with van der Waals surface area (Å²) in [4.78, 5) is 11.5. The van der Waals surface area contributed by atoms with Crippen LogP contribution in [-0.4, -0.2) is 18.5 Å². The maximum absolute atomic E-state index is 11.5. The van der Waals surface area contributed by atoms with Gasteiger partial charge in [-0.05, 0) is 38.5 Å². The van der Waals surface area contributed by atoms with Gasteiger partial charge in [-0.1, -0.05) is 6.07 Å². The second kappa shape index (κ2) is 5.51. The van der Waals surface area contributed by atoms with E-state index in [0.29, 0.717) is 0 Å². The second-order valence-electron chi connectivity index (χ2n) is 3.86. The molecule has 1 atom stereocenters. The number of hydrogen-bond donors (Lipinski definition) is 3. The van der Waals surface area contributed by atoms with E-state index in [1.54, 1.807) is 6.92 Å². The molecule has 0 fully saturated rings. The van der Waals surface area contributed by atoms with Crippen LogP contribution in [0.4, 0.5) is 11.4 Å². The molecule has 16 heavy (non-hydrogen) atoms. The number of hydrogen-bond acceptors (Lipinski definition) is 3. The Balaban J connectivity index is 2.90. The van der Waals surface area contributed by atoms with Gasteiger partial charge in [0.15, 0.2) is 0 Å². The molecule has 0 radical (unpaired) electrons. The van der Waals surface area contributed by atoms with Gasteiger partial charge in [0.2, 0.25) is 5.91 Å². The number of anilines is 2. The third-order valence-corrected chi connectivity index (χ3v) is 2.21. The lowest BCUT2D eigenvalue weighted by molar-refractivity contribution is -0.117. The molecule has 1 amide bonds. The van der Waals surface area contributed by atoms with Crippen LogP contribution in [-0.2, 0) is 4.79 Å². The molecule has 0 saturated carbocycles. The van der Waals surface area contributed by atoms with Gasteiger partial charge >= 0.3 is 0 Å². The molecule has 0 bridgehead atoms. The lowest BCUT2D eigenvalue weighted by atomic mass is 10.2. The number of nitrogens with two attached hydrogens (primary N) is 1. The first kappa shape index (κ1) is 12.5. The Morgan fingerprint density at radius 1 is 1.44 bits per heavy atom. The molecule has 0 aliphatic heterocycles. The topological polar surface area (TPSA) is 67.1 Å². The highest BCUT2D eigenvalue weighted by molar-refractivity contribution is 5.97. The van der Waals surface area contributed by atoms with Crippen molar-refractivity contribution in [3.63, 3.8) is 0 Å². The third kappa shape index (κ3) is 3.24. The van der Waals surface area contributed by atoms with Crippen molar-refractivity contribution in [2.45, 2.75) is 26.8 Å². The van der Waals surface area contributed by atoms with E-state index >= 15 is 0 Å². The molecule has 1 rings (SSSR count). The van der Waals surface area contributed by atoms with Gasteiger partial charge in [0, 0.05) is 6.54 Å². The zero-order valence-electron chi connectivity index (χ0n) is 10.0. The zero-order valence-corrected chi connectivity index (χ0v) is 10.0. The summed E-state index contributed by atoms with van der Waals surface area (Å²) in [6.45, 7) is 6.50. The van der Waals surface area contributed by atoms with Gasteiger partial charge in [-0.25, -0.2) is 0 Å². The molecular formula is C12H19N3O. The monoisotopic (exact) mass is 221 g/mol.